The molecule has 2 saturated carbocycles. The summed E-state index contributed by atoms with van der Waals surface area (Å²) in [7, 11) is 0. The Morgan fingerprint density at radius 3 is 2.61 bits per heavy atom. The van der Waals surface area contributed by atoms with Crippen LogP contribution >= 0.6 is 0 Å². The fourth-order valence-corrected chi connectivity index (χ4v) is 2.45. The predicted octanol–water partition coefficient (Wildman–Crippen LogP) is 3.41. The number of ketones is 1. The number of nitrogens with zero attached hydrogens (tertiary/aromatic N) is 1. The van der Waals surface area contributed by atoms with Crippen molar-refractivity contribution in [1.82, 2.24) is 0 Å². The molecule has 0 unspecified atom stereocenters. The molecule has 96 valence electrons. The van der Waals surface area contributed by atoms with Gasteiger partial charge in [0.1, 0.15) is 5.82 Å². The Hall–Kier alpha value is -1.38. The van der Waals surface area contributed by atoms with Crippen molar-refractivity contribution >= 4 is 11.5 Å². The normalized spacial score (nSPS) is 18.8. The Morgan fingerprint density at radius 1 is 1.33 bits per heavy atom. The zero-order valence-electron chi connectivity index (χ0n) is 10.7. The molecule has 0 amide bonds. The number of rotatable bonds is 5. The van der Waals surface area contributed by atoms with Gasteiger partial charge in [-0.1, -0.05) is 0 Å². The van der Waals surface area contributed by atoms with Gasteiger partial charge < -0.3 is 4.90 Å². The standard InChI is InChI=1S/C15H18FNO/c1-10(18)14-8-12(16)4-7-15(14)17(13-5-6-13)9-11-2-3-11/h4,7-8,11,13H,2-3,5-6,9H2,1H3. The van der Waals surface area contributed by atoms with Gasteiger partial charge in [0.05, 0.1) is 0 Å². The molecule has 0 aliphatic heterocycles. The Kier molecular flexibility index (Phi) is 2.84. The maximum Gasteiger partial charge on any atom is 0.161 e. The lowest BCUT2D eigenvalue weighted by atomic mass is 10.1. The summed E-state index contributed by atoms with van der Waals surface area (Å²) >= 11 is 0. The van der Waals surface area contributed by atoms with Crippen LogP contribution in [0, 0.1) is 11.7 Å². The van der Waals surface area contributed by atoms with Crippen LogP contribution in [-0.4, -0.2) is 18.4 Å². The van der Waals surface area contributed by atoms with Crippen molar-refractivity contribution < 1.29 is 9.18 Å². The van der Waals surface area contributed by atoms with Gasteiger partial charge >= 0.3 is 0 Å². The van der Waals surface area contributed by atoms with Crippen molar-refractivity contribution in [3.63, 3.8) is 0 Å². The van der Waals surface area contributed by atoms with Gasteiger partial charge in [-0.05, 0) is 56.7 Å². The number of carbonyl (C=O) groups excluding carboxylic acids is 1. The van der Waals surface area contributed by atoms with Gasteiger partial charge in [-0.2, -0.15) is 0 Å². The number of benzene rings is 1. The van der Waals surface area contributed by atoms with Crippen LogP contribution in [0.5, 0.6) is 0 Å². The second-order valence-electron chi connectivity index (χ2n) is 5.54. The molecule has 2 aliphatic rings. The molecule has 0 spiro atoms. The molecule has 3 heteroatoms. The molecule has 0 saturated heterocycles. The molecule has 0 aromatic heterocycles. The van der Waals surface area contributed by atoms with Crippen LogP contribution in [0.2, 0.25) is 0 Å². The SMILES string of the molecule is CC(=O)c1cc(F)ccc1N(CC1CC1)C1CC1. The summed E-state index contributed by atoms with van der Waals surface area (Å²) in [6.07, 6.45) is 4.97. The lowest BCUT2D eigenvalue weighted by Crippen LogP contribution is -2.29. The smallest absolute Gasteiger partial charge is 0.161 e. The molecule has 0 heterocycles. The Morgan fingerprint density at radius 2 is 2.06 bits per heavy atom. The molecule has 18 heavy (non-hydrogen) atoms. The van der Waals surface area contributed by atoms with Crippen LogP contribution in [0.1, 0.15) is 43.0 Å². The minimum atomic E-state index is -0.328. The predicted molar refractivity (Wildman–Crippen MR) is 69.5 cm³/mol. The number of Topliss-reactive ketones (excluding diaryl/α,β-unsaturated/α-hetero) is 1. The van der Waals surface area contributed by atoms with Gasteiger partial charge in [-0.15, -0.1) is 0 Å². The summed E-state index contributed by atoms with van der Waals surface area (Å²) < 4.78 is 13.3. The van der Waals surface area contributed by atoms with E-state index >= 15 is 0 Å². The average Bonchev–Trinajstić information content (AvgIpc) is 3.19. The van der Waals surface area contributed by atoms with Gasteiger partial charge in [0.25, 0.3) is 0 Å². The zero-order valence-corrected chi connectivity index (χ0v) is 10.7. The van der Waals surface area contributed by atoms with Crippen LogP contribution in [0.3, 0.4) is 0 Å². The van der Waals surface area contributed by atoms with Crippen molar-refractivity contribution in [2.24, 2.45) is 5.92 Å². The number of halogens is 1. The Labute approximate surface area is 107 Å². The second-order valence-corrected chi connectivity index (χ2v) is 5.54. The molecule has 0 atom stereocenters. The highest BCUT2D eigenvalue weighted by atomic mass is 19.1. The molecule has 3 rings (SSSR count). The minimum absolute atomic E-state index is 0.0500. The minimum Gasteiger partial charge on any atom is -0.368 e. The van der Waals surface area contributed by atoms with Crippen molar-refractivity contribution in [1.29, 1.82) is 0 Å². The first-order valence-corrected chi connectivity index (χ1v) is 6.72. The van der Waals surface area contributed by atoms with Gasteiger partial charge in [-0.3, -0.25) is 4.79 Å². The molecule has 2 aliphatic carbocycles. The number of carbonyl (C=O) groups is 1. The Bertz CT molecular complexity index is 477. The van der Waals surface area contributed by atoms with Crippen LogP contribution in [0.25, 0.3) is 0 Å². The highest BCUT2D eigenvalue weighted by Crippen LogP contribution is 2.39. The van der Waals surface area contributed by atoms with Crippen molar-refractivity contribution in [2.45, 2.75) is 38.6 Å². The van der Waals surface area contributed by atoms with E-state index in [1.165, 1.54) is 44.7 Å². The molecule has 1 aromatic carbocycles. The van der Waals surface area contributed by atoms with Crippen molar-refractivity contribution in [2.75, 3.05) is 11.4 Å². The lowest BCUT2D eigenvalue weighted by Gasteiger charge is -2.26. The molecule has 2 fully saturated rings. The van der Waals surface area contributed by atoms with E-state index in [4.69, 9.17) is 0 Å². The highest BCUT2D eigenvalue weighted by molar-refractivity contribution is 5.99. The van der Waals surface area contributed by atoms with Crippen molar-refractivity contribution in [3.05, 3.63) is 29.6 Å². The van der Waals surface area contributed by atoms with E-state index < -0.39 is 0 Å². The third kappa shape index (κ3) is 2.40. The average molecular weight is 247 g/mol. The van der Waals surface area contributed by atoms with Crippen LogP contribution in [0.15, 0.2) is 18.2 Å². The highest BCUT2D eigenvalue weighted by Gasteiger charge is 2.35. The van der Waals surface area contributed by atoms with E-state index in [-0.39, 0.29) is 11.6 Å². The topological polar surface area (TPSA) is 20.3 Å². The summed E-state index contributed by atoms with van der Waals surface area (Å²) in [4.78, 5) is 14.0. The zero-order chi connectivity index (χ0) is 12.7. The lowest BCUT2D eigenvalue weighted by molar-refractivity contribution is 0.101. The van der Waals surface area contributed by atoms with E-state index in [2.05, 4.69) is 4.90 Å². The van der Waals surface area contributed by atoms with E-state index in [1.54, 1.807) is 6.07 Å². The van der Waals surface area contributed by atoms with Gasteiger partial charge in [0.15, 0.2) is 5.78 Å². The quantitative estimate of drug-likeness (QED) is 0.743. The summed E-state index contributed by atoms with van der Waals surface area (Å²) in [6.45, 7) is 2.54. The largest absolute Gasteiger partial charge is 0.368 e. The second kappa shape index (κ2) is 4.38. The maximum atomic E-state index is 13.3. The molecular weight excluding hydrogens is 229 g/mol. The van der Waals surface area contributed by atoms with Gasteiger partial charge in [0, 0.05) is 23.8 Å². The molecule has 2 nitrogen and oxygen atoms in total. The first-order valence-electron chi connectivity index (χ1n) is 6.72. The fraction of sp³-hybridized carbons (Fsp3) is 0.533. The van der Waals surface area contributed by atoms with E-state index in [0.717, 1.165) is 18.2 Å². The van der Waals surface area contributed by atoms with Gasteiger partial charge in [-0.25, -0.2) is 4.39 Å². The van der Waals surface area contributed by atoms with E-state index in [9.17, 15) is 9.18 Å². The summed E-state index contributed by atoms with van der Waals surface area (Å²) in [6, 6.07) is 5.17. The molecule has 0 radical (unpaired) electrons. The molecular formula is C15H18FNO. The summed E-state index contributed by atoms with van der Waals surface area (Å²) in [5, 5.41) is 0. The summed E-state index contributed by atoms with van der Waals surface area (Å²) in [5.74, 6) is 0.396. The van der Waals surface area contributed by atoms with Crippen LogP contribution in [-0.2, 0) is 0 Å². The van der Waals surface area contributed by atoms with Gasteiger partial charge in [0.2, 0.25) is 0 Å². The fourth-order valence-electron chi connectivity index (χ4n) is 2.45. The van der Waals surface area contributed by atoms with Crippen LogP contribution < -0.4 is 4.90 Å². The first-order chi connectivity index (χ1) is 8.65. The van der Waals surface area contributed by atoms with Crippen LogP contribution in [0.4, 0.5) is 10.1 Å². The van der Waals surface area contributed by atoms with E-state index in [0.29, 0.717) is 11.6 Å². The van der Waals surface area contributed by atoms with Crippen molar-refractivity contribution in [3.8, 4) is 0 Å². The third-order valence-corrected chi connectivity index (χ3v) is 3.79. The first kappa shape index (κ1) is 11.7. The molecule has 1 aromatic rings. The molecule has 0 N–H and O–H groups in total. The summed E-state index contributed by atoms with van der Waals surface area (Å²) in [5.41, 5.74) is 1.46. The maximum absolute atomic E-state index is 13.3. The monoisotopic (exact) mass is 247 g/mol. The molecule has 0 bridgehead atoms. The number of anilines is 1. The van der Waals surface area contributed by atoms with E-state index in [1.807, 2.05) is 0 Å². The number of hydrogen-bond donors (Lipinski definition) is 0. The third-order valence-electron chi connectivity index (χ3n) is 3.79. The Balaban J connectivity index is 1.93. The number of hydrogen-bond acceptors (Lipinski definition) is 2.